The number of hydrogen-bond acceptors (Lipinski definition) is 2. The molecule has 20 heavy (non-hydrogen) atoms. The van der Waals surface area contributed by atoms with E-state index in [2.05, 4.69) is 44.3 Å². The maximum absolute atomic E-state index is 12.1. The molecule has 0 radical (unpaired) electrons. The molecule has 0 aliphatic carbocycles. The van der Waals surface area contributed by atoms with Crippen molar-refractivity contribution in [3.63, 3.8) is 0 Å². The maximum atomic E-state index is 12.1. The summed E-state index contributed by atoms with van der Waals surface area (Å²) in [5.74, 6) is 0.339. The maximum Gasteiger partial charge on any atom is 0.225 e. The van der Waals surface area contributed by atoms with Gasteiger partial charge >= 0.3 is 0 Å². The van der Waals surface area contributed by atoms with Crippen LogP contribution in [0.3, 0.4) is 0 Å². The third-order valence-corrected chi connectivity index (χ3v) is 3.54. The second-order valence-corrected chi connectivity index (χ2v) is 7.02. The number of fused-ring (bicyclic) bond motifs is 1. The molecule has 2 rings (SSSR count). The summed E-state index contributed by atoms with van der Waals surface area (Å²) in [6.07, 6.45) is 0.952. The molecule has 0 fully saturated rings. The molecule has 1 aliphatic rings. The summed E-state index contributed by atoms with van der Waals surface area (Å²) in [6.45, 7) is 12.0. The molecule has 1 heterocycles. The number of carbonyl (C=O) groups excluding carboxylic acids is 1. The largest absolute Gasteiger partial charge is 0.380 e. The van der Waals surface area contributed by atoms with Crippen molar-refractivity contribution < 1.29 is 4.79 Å². The number of rotatable bonds is 2. The van der Waals surface area contributed by atoms with Gasteiger partial charge in [-0.3, -0.25) is 4.79 Å². The molecule has 0 atom stereocenters. The Labute approximate surface area is 122 Å². The lowest BCUT2D eigenvalue weighted by atomic mass is 9.97. The number of amides is 1. The number of nitrogens with zero attached hydrogens (tertiary/aromatic N) is 1. The van der Waals surface area contributed by atoms with Gasteiger partial charge in [-0.1, -0.05) is 19.9 Å². The van der Waals surface area contributed by atoms with Gasteiger partial charge in [0, 0.05) is 30.2 Å². The van der Waals surface area contributed by atoms with E-state index in [-0.39, 0.29) is 17.4 Å². The zero-order chi connectivity index (χ0) is 14.9. The molecule has 0 saturated carbocycles. The van der Waals surface area contributed by atoms with Crippen LogP contribution in [-0.4, -0.2) is 22.9 Å². The fourth-order valence-electron chi connectivity index (χ4n) is 2.62. The monoisotopic (exact) mass is 274 g/mol. The van der Waals surface area contributed by atoms with Crippen molar-refractivity contribution in [1.82, 2.24) is 4.90 Å². The highest BCUT2D eigenvalue weighted by molar-refractivity contribution is 5.78. The second-order valence-electron chi connectivity index (χ2n) is 7.02. The van der Waals surface area contributed by atoms with Gasteiger partial charge in [0.2, 0.25) is 5.91 Å². The summed E-state index contributed by atoms with van der Waals surface area (Å²) in [5, 5.41) is 3.50. The van der Waals surface area contributed by atoms with Crippen LogP contribution in [0.1, 0.15) is 45.7 Å². The van der Waals surface area contributed by atoms with Crippen molar-refractivity contribution in [2.24, 2.45) is 5.92 Å². The van der Waals surface area contributed by atoms with Crippen LogP contribution >= 0.6 is 0 Å². The van der Waals surface area contributed by atoms with Crippen LogP contribution in [0.2, 0.25) is 0 Å². The number of nitrogens with one attached hydrogen (secondary N) is 1. The Balaban J connectivity index is 2.13. The highest BCUT2D eigenvalue weighted by Gasteiger charge is 2.22. The molecule has 3 heteroatoms. The summed E-state index contributed by atoms with van der Waals surface area (Å²) in [6, 6.07) is 6.51. The number of carbonyl (C=O) groups is 1. The zero-order valence-electron chi connectivity index (χ0n) is 13.3. The lowest BCUT2D eigenvalue weighted by molar-refractivity contribution is -0.135. The third-order valence-electron chi connectivity index (χ3n) is 3.54. The van der Waals surface area contributed by atoms with Crippen LogP contribution in [0, 0.1) is 5.92 Å². The van der Waals surface area contributed by atoms with E-state index >= 15 is 0 Å². The van der Waals surface area contributed by atoms with Gasteiger partial charge in [-0.05, 0) is 50.5 Å². The molecule has 0 saturated heterocycles. The normalized spacial score (nSPS) is 15.2. The molecule has 1 amide bonds. The first kappa shape index (κ1) is 14.9. The standard InChI is InChI=1S/C17H26N2O/c1-12(2)16(20)19-9-8-13-10-15(18-17(3,4)5)7-6-14(13)11-19/h6-7,10,12,18H,8-9,11H2,1-5H3. The van der Waals surface area contributed by atoms with Gasteiger partial charge < -0.3 is 10.2 Å². The topological polar surface area (TPSA) is 32.3 Å². The van der Waals surface area contributed by atoms with Gasteiger partial charge in [0.15, 0.2) is 0 Å². The van der Waals surface area contributed by atoms with E-state index in [1.165, 1.54) is 16.8 Å². The van der Waals surface area contributed by atoms with Crippen LogP contribution < -0.4 is 5.32 Å². The van der Waals surface area contributed by atoms with Crippen molar-refractivity contribution >= 4 is 11.6 Å². The van der Waals surface area contributed by atoms with E-state index in [9.17, 15) is 4.79 Å². The minimum absolute atomic E-state index is 0.0720. The Kier molecular flexibility index (Phi) is 4.07. The van der Waals surface area contributed by atoms with Gasteiger partial charge in [0.05, 0.1) is 0 Å². The van der Waals surface area contributed by atoms with Crippen LogP contribution in [0.15, 0.2) is 18.2 Å². The van der Waals surface area contributed by atoms with Gasteiger partial charge in [-0.15, -0.1) is 0 Å². The third kappa shape index (κ3) is 3.53. The molecule has 0 unspecified atom stereocenters. The Morgan fingerprint density at radius 3 is 2.55 bits per heavy atom. The number of anilines is 1. The van der Waals surface area contributed by atoms with Gasteiger partial charge in [-0.25, -0.2) is 0 Å². The molecule has 1 aliphatic heterocycles. The van der Waals surface area contributed by atoms with Crippen molar-refractivity contribution in [2.75, 3.05) is 11.9 Å². The first-order chi connectivity index (χ1) is 9.26. The minimum atomic E-state index is 0.0720. The minimum Gasteiger partial charge on any atom is -0.380 e. The van der Waals surface area contributed by atoms with Gasteiger partial charge in [-0.2, -0.15) is 0 Å². The number of benzene rings is 1. The quantitative estimate of drug-likeness (QED) is 0.896. The van der Waals surface area contributed by atoms with Crippen LogP contribution in [0.25, 0.3) is 0 Å². The van der Waals surface area contributed by atoms with Crippen LogP contribution in [-0.2, 0) is 17.8 Å². The second kappa shape index (κ2) is 5.47. The van der Waals surface area contributed by atoms with E-state index in [1.807, 2.05) is 18.7 Å². The summed E-state index contributed by atoms with van der Waals surface area (Å²) in [5.41, 5.74) is 3.89. The summed E-state index contributed by atoms with van der Waals surface area (Å²) in [7, 11) is 0. The predicted molar refractivity (Wildman–Crippen MR) is 83.8 cm³/mol. The molecule has 1 N–H and O–H groups in total. The van der Waals surface area contributed by atoms with Crippen LogP contribution in [0.5, 0.6) is 0 Å². The van der Waals surface area contributed by atoms with E-state index in [0.717, 1.165) is 19.5 Å². The average Bonchev–Trinajstić information content (AvgIpc) is 2.35. The molecule has 0 spiro atoms. The molecule has 0 aromatic heterocycles. The highest BCUT2D eigenvalue weighted by atomic mass is 16.2. The lowest BCUT2D eigenvalue weighted by Crippen LogP contribution is -2.38. The predicted octanol–water partition coefficient (Wildman–Crippen LogP) is 3.44. The summed E-state index contributed by atoms with van der Waals surface area (Å²) < 4.78 is 0. The van der Waals surface area contributed by atoms with Gasteiger partial charge in [0.25, 0.3) is 0 Å². The highest BCUT2D eigenvalue weighted by Crippen LogP contribution is 2.25. The van der Waals surface area contributed by atoms with Crippen LogP contribution in [0.4, 0.5) is 5.69 Å². The van der Waals surface area contributed by atoms with E-state index < -0.39 is 0 Å². The first-order valence-electron chi connectivity index (χ1n) is 7.45. The van der Waals surface area contributed by atoms with E-state index in [1.54, 1.807) is 0 Å². The molecule has 0 bridgehead atoms. The first-order valence-corrected chi connectivity index (χ1v) is 7.45. The fraction of sp³-hybridized carbons (Fsp3) is 0.588. The molecule has 1 aromatic carbocycles. The molecular weight excluding hydrogens is 248 g/mol. The summed E-state index contributed by atoms with van der Waals surface area (Å²) >= 11 is 0. The average molecular weight is 274 g/mol. The fourth-order valence-corrected chi connectivity index (χ4v) is 2.62. The molecule has 3 nitrogen and oxygen atoms in total. The Hall–Kier alpha value is -1.51. The van der Waals surface area contributed by atoms with Gasteiger partial charge in [0.1, 0.15) is 0 Å². The van der Waals surface area contributed by atoms with E-state index in [0.29, 0.717) is 0 Å². The Morgan fingerprint density at radius 1 is 1.25 bits per heavy atom. The Bertz CT molecular complexity index is 500. The van der Waals surface area contributed by atoms with Crippen molar-refractivity contribution in [3.05, 3.63) is 29.3 Å². The molecule has 1 aromatic rings. The van der Waals surface area contributed by atoms with Crippen molar-refractivity contribution in [1.29, 1.82) is 0 Å². The SMILES string of the molecule is CC(C)C(=O)N1CCc2cc(NC(C)(C)C)ccc2C1. The lowest BCUT2D eigenvalue weighted by Gasteiger charge is -2.31. The van der Waals surface area contributed by atoms with E-state index in [4.69, 9.17) is 0 Å². The van der Waals surface area contributed by atoms with Crippen molar-refractivity contribution in [3.8, 4) is 0 Å². The molecular formula is C17H26N2O. The zero-order valence-corrected chi connectivity index (χ0v) is 13.3. The van der Waals surface area contributed by atoms with Crippen molar-refractivity contribution in [2.45, 2.75) is 53.1 Å². The number of hydrogen-bond donors (Lipinski definition) is 1. The smallest absolute Gasteiger partial charge is 0.225 e. The molecule has 110 valence electrons. The Morgan fingerprint density at radius 2 is 1.95 bits per heavy atom. The summed E-state index contributed by atoms with van der Waals surface area (Å²) in [4.78, 5) is 14.1.